The summed E-state index contributed by atoms with van der Waals surface area (Å²) in [4.78, 5) is 0.306. The van der Waals surface area contributed by atoms with Gasteiger partial charge in [0.1, 0.15) is 4.90 Å². The first-order valence-electron chi connectivity index (χ1n) is 7.21. The fourth-order valence-corrected chi connectivity index (χ4v) is 4.72. The van der Waals surface area contributed by atoms with Crippen molar-refractivity contribution in [1.82, 2.24) is 19.4 Å². The third-order valence-corrected chi connectivity index (χ3v) is 5.98. The molecule has 0 aliphatic carbocycles. The lowest BCUT2D eigenvalue weighted by Gasteiger charge is -2.26. The molecule has 2 unspecified atom stereocenters. The Morgan fingerprint density at radius 1 is 1.45 bits per heavy atom. The quantitative estimate of drug-likeness (QED) is 0.853. The molecule has 2 rings (SSSR count). The minimum absolute atomic E-state index is 0.0746. The van der Waals surface area contributed by atoms with E-state index in [0.717, 1.165) is 25.8 Å². The summed E-state index contributed by atoms with van der Waals surface area (Å²) in [5, 5.41) is 7.16. The van der Waals surface area contributed by atoms with Gasteiger partial charge in [-0.15, -0.1) is 0 Å². The minimum Gasteiger partial charge on any atom is -0.318 e. The normalized spacial score (nSPS) is 24.4. The van der Waals surface area contributed by atoms with Crippen LogP contribution in [0.4, 0.5) is 0 Å². The maximum Gasteiger partial charge on any atom is 0.246 e. The van der Waals surface area contributed by atoms with Crippen LogP contribution >= 0.6 is 0 Å². The van der Waals surface area contributed by atoms with E-state index in [-0.39, 0.29) is 12.1 Å². The van der Waals surface area contributed by atoms with Gasteiger partial charge in [-0.1, -0.05) is 6.92 Å². The number of sulfonamides is 1. The number of rotatable bonds is 6. The van der Waals surface area contributed by atoms with Gasteiger partial charge in [-0.05, 0) is 33.2 Å². The van der Waals surface area contributed by atoms with E-state index in [0.29, 0.717) is 11.4 Å². The molecule has 1 fully saturated rings. The molecule has 1 aliphatic rings. The number of hydrogen-bond acceptors (Lipinski definition) is 4. The molecule has 1 N–H and O–H groups in total. The number of hydrogen-bond donors (Lipinski definition) is 1. The molecular weight excluding hydrogens is 276 g/mol. The lowest BCUT2D eigenvalue weighted by Crippen LogP contribution is -2.39. The van der Waals surface area contributed by atoms with E-state index in [1.54, 1.807) is 15.2 Å². The maximum absolute atomic E-state index is 12.8. The largest absolute Gasteiger partial charge is 0.318 e. The second-order valence-corrected chi connectivity index (χ2v) is 7.21. The number of nitrogens with zero attached hydrogens (tertiary/aromatic N) is 3. The lowest BCUT2D eigenvalue weighted by atomic mass is 10.2. The van der Waals surface area contributed by atoms with Crippen LogP contribution in [0.3, 0.4) is 0 Å². The fraction of sp³-hybridized carbons (Fsp3) is 0.769. The van der Waals surface area contributed by atoms with Crippen molar-refractivity contribution in [3.63, 3.8) is 0 Å². The monoisotopic (exact) mass is 300 g/mol. The van der Waals surface area contributed by atoms with Crippen molar-refractivity contribution in [1.29, 1.82) is 0 Å². The van der Waals surface area contributed by atoms with Crippen LogP contribution in [-0.4, -0.2) is 48.2 Å². The van der Waals surface area contributed by atoms with Crippen LogP contribution in [0, 0.1) is 0 Å². The van der Waals surface area contributed by atoms with Crippen LogP contribution in [-0.2, 0) is 16.6 Å². The predicted octanol–water partition coefficient (Wildman–Crippen LogP) is 1.05. The standard InChI is InChI=1S/C13H24N4O2S/c1-4-12-6-5-11(2)17(12)20(18,19)13-9-15-16(10-13)8-7-14-3/h9-12,14H,4-8H2,1-3H3. The number of likely N-dealkylation sites (N-methyl/N-ethyl adjacent to an activating group) is 1. The first kappa shape index (κ1) is 15.5. The molecule has 114 valence electrons. The van der Waals surface area contributed by atoms with Gasteiger partial charge in [-0.2, -0.15) is 9.40 Å². The summed E-state index contributed by atoms with van der Waals surface area (Å²) in [5.74, 6) is 0. The van der Waals surface area contributed by atoms with Crippen molar-refractivity contribution in [2.45, 2.75) is 56.6 Å². The van der Waals surface area contributed by atoms with Crippen molar-refractivity contribution in [3.8, 4) is 0 Å². The molecule has 1 saturated heterocycles. The average molecular weight is 300 g/mol. The van der Waals surface area contributed by atoms with Crippen molar-refractivity contribution >= 4 is 10.0 Å². The zero-order valence-electron chi connectivity index (χ0n) is 12.4. The molecule has 1 aromatic rings. The second-order valence-electron chi connectivity index (χ2n) is 5.37. The van der Waals surface area contributed by atoms with Crippen LogP contribution in [0.15, 0.2) is 17.3 Å². The van der Waals surface area contributed by atoms with E-state index in [4.69, 9.17) is 0 Å². The molecule has 2 atom stereocenters. The molecule has 2 heterocycles. The summed E-state index contributed by atoms with van der Waals surface area (Å²) in [6.07, 6.45) is 5.83. The molecule has 20 heavy (non-hydrogen) atoms. The van der Waals surface area contributed by atoms with Gasteiger partial charge in [0.25, 0.3) is 0 Å². The molecule has 6 nitrogen and oxygen atoms in total. The molecular formula is C13H24N4O2S. The predicted molar refractivity (Wildman–Crippen MR) is 78.0 cm³/mol. The van der Waals surface area contributed by atoms with Crippen molar-refractivity contribution in [2.24, 2.45) is 0 Å². The van der Waals surface area contributed by atoms with Gasteiger partial charge in [0, 0.05) is 24.8 Å². The van der Waals surface area contributed by atoms with Gasteiger partial charge in [0.05, 0.1) is 12.7 Å². The summed E-state index contributed by atoms with van der Waals surface area (Å²) in [6, 6.07) is 0.196. The van der Waals surface area contributed by atoms with Crippen LogP contribution in [0.2, 0.25) is 0 Å². The molecule has 0 aromatic carbocycles. The van der Waals surface area contributed by atoms with Crippen LogP contribution in [0.1, 0.15) is 33.1 Å². The van der Waals surface area contributed by atoms with Crippen molar-refractivity contribution in [2.75, 3.05) is 13.6 Å². The molecule has 0 radical (unpaired) electrons. The summed E-state index contributed by atoms with van der Waals surface area (Å²) in [6.45, 7) is 5.46. The highest BCUT2D eigenvalue weighted by Crippen LogP contribution is 2.32. The summed E-state index contributed by atoms with van der Waals surface area (Å²) >= 11 is 0. The van der Waals surface area contributed by atoms with E-state index >= 15 is 0 Å². The second kappa shape index (κ2) is 6.24. The highest BCUT2D eigenvalue weighted by atomic mass is 32.2. The van der Waals surface area contributed by atoms with E-state index < -0.39 is 10.0 Å². The molecule has 0 bridgehead atoms. The van der Waals surface area contributed by atoms with Gasteiger partial charge in [-0.3, -0.25) is 4.68 Å². The molecule has 1 aliphatic heterocycles. The Hall–Kier alpha value is -0.920. The van der Waals surface area contributed by atoms with E-state index in [1.165, 1.54) is 6.20 Å². The van der Waals surface area contributed by atoms with Crippen LogP contribution in [0.25, 0.3) is 0 Å². The van der Waals surface area contributed by atoms with Gasteiger partial charge >= 0.3 is 0 Å². The lowest BCUT2D eigenvalue weighted by molar-refractivity contribution is 0.328. The zero-order chi connectivity index (χ0) is 14.8. The number of nitrogens with one attached hydrogen (secondary N) is 1. The van der Waals surface area contributed by atoms with Gasteiger partial charge in [-0.25, -0.2) is 8.42 Å². The third-order valence-electron chi connectivity index (χ3n) is 3.96. The van der Waals surface area contributed by atoms with Crippen molar-refractivity contribution in [3.05, 3.63) is 12.4 Å². The van der Waals surface area contributed by atoms with Gasteiger partial charge in [0.15, 0.2) is 0 Å². The molecule has 0 spiro atoms. The zero-order valence-corrected chi connectivity index (χ0v) is 13.2. The first-order chi connectivity index (χ1) is 9.50. The Labute approximate surface area is 121 Å². The minimum atomic E-state index is -3.42. The molecule has 0 amide bonds. The Morgan fingerprint density at radius 3 is 2.85 bits per heavy atom. The van der Waals surface area contributed by atoms with E-state index in [1.807, 2.05) is 20.9 Å². The van der Waals surface area contributed by atoms with E-state index in [9.17, 15) is 8.42 Å². The molecule has 7 heteroatoms. The van der Waals surface area contributed by atoms with Gasteiger partial charge < -0.3 is 5.32 Å². The van der Waals surface area contributed by atoms with Crippen molar-refractivity contribution < 1.29 is 8.42 Å². The smallest absolute Gasteiger partial charge is 0.246 e. The highest BCUT2D eigenvalue weighted by molar-refractivity contribution is 7.89. The molecule has 0 saturated carbocycles. The Morgan fingerprint density at radius 2 is 2.20 bits per heavy atom. The summed E-state index contributed by atoms with van der Waals surface area (Å²) < 4.78 is 28.9. The summed E-state index contributed by atoms with van der Waals surface area (Å²) in [7, 11) is -1.56. The van der Waals surface area contributed by atoms with Crippen LogP contribution in [0.5, 0.6) is 0 Å². The molecule has 1 aromatic heterocycles. The third kappa shape index (κ3) is 2.89. The Bertz CT molecular complexity index is 540. The fourth-order valence-electron chi connectivity index (χ4n) is 2.81. The Kier molecular flexibility index (Phi) is 4.82. The summed E-state index contributed by atoms with van der Waals surface area (Å²) in [5.41, 5.74) is 0. The maximum atomic E-state index is 12.8. The average Bonchev–Trinajstić information content (AvgIpc) is 3.03. The highest BCUT2D eigenvalue weighted by Gasteiger charge is 2.39. The SMILES string of the molecule is CCC1CCC(C)N1S(=O)(=O)c1cnn(CCNC)c1. The van der Waals surface area contributed by atoms with E-state index in [2.05, 4.69) is 10.4 Å². The number of aromatic nitrogens is 2. The first-order valence-corrected chi connectivity index (χ1v) is 8.65. The van der Waals surface area contributed by atoms with Gasteiger partial charge in [0.2, 0.25) is 10.0 Å². The van der Waals surface area contributed by atoms with Crippen LogP contribution < -0.4 is 5.32 Å². The topological polar surface area (TPSA) is 67.2 Å². The Balaban J connectivity index is 2.23.